The monoisotopic (exact) mass is 330 g/mol. The van der Waals surface area contributed by atoms with E-state index in [1.807, 2.05) is 24.3 Å². The van der Waals surface area contributed by atoms with Gasteiger partial charge in [-0.15, -0.1) is 0 Å². The molecule has 1 saturated heterocycles. The summed E-state index contributed by atoms with van der Waals surface area (Å²) in [5.74, 6) is 0.0222. The van der Waals surface area contributed by atoms with Crippen molar-refractivity contribution in [3.8, 4) is 0 Å². The number of carbonyl (C=O) groups excluding carboxylic acids is 2. The third-order valence-corrected chi connectivity index (χ3v) is 5.20. The van der Waals surface area contributed by atoms with E-state index in [-0.39, 0.29) is 17.4 Å². The number of urea groups is 1. The number of carbonyl (C=O) groups is 2. The first kappa shape index (κ1) is 16.8. The number of amides is 3. The first-order valence-electron chi connectivity index (χ1n) is 8.77. The third-order valence-electron chi connectivity index (χ3n) is 5.20. The fourth-order valence-electron chi connectivity index (χ4n) is 3.74. The molecular weight excluding hydrogens is 304 g/mol. The van der Waals surface area contributed by atoms with E-state index in [1.54, 1.807) is 4.90 Å². The minimum atomic E-state index is -0.0750. The molecule has 2 fully saturated rings. The van der Waals surface area contributed by atoms with Gasteiger partial charge in [-0.2, -0.15) is 0 Å². The van der Waals surface area contributed by atoms with Crippen molar-refractivity contribution in [2.24, 2.45) is 11.1 Å². The van der Waals surface area contributed by atoms with Crippen LogP contribution in [0.4, 0.5) is 16.2 Å². The Morgan fingerprint density at radius 2 is 1.92 bits per heavy atom. The van der Waals surface area contributed by atoms with Gasteiger partial charge in [0, 0.05) is 30.9 Å². The zero-order chi connectivity index (χ0) is 17.0. The molecule has 6 nitrogen and oxygen atoms in total. The predicted octanol–water partition coefficient (Wildman–Crippen LogP) is 2.45. The Morgan fingerprint density at radius 3 is 2.50 bits per heavy atom. The van der Waals surface area contributed by atoms with E-state index < -0.39 is 0 Å². The van der Waals surface area contributed by atoms with Gasteiger partial charge >= 0.3 is 6.03 Å². The van der Waals surface area contributed by atoms with Gasteiger partial charge in [-0.05, 0) is 49.1 Å². The summed E-state index contributed by atoms with van der Waals surface area (Å²) in [6.07, 6.45) is 6.14. The Kier molecular flexibility index (Phi) is 5.04. The first-order valence-corrected chi connectivity index (χ1v) is 8.77. The highest BCUT2D eigenvalue weighted by molar-refractivity contribution is 5.95. The van der Waals surface area contributed by atoms with Crippen molar-refractivity contribution in [2.75, 3.05) is 29.9 Å². The van der Waals surface area contributed by atoms with E-state index in [0.717, 1.165) is 37.1 Å². The van der Waals surface area contributed by atoms with Crippen molar-refractivity contribution < 1.29 is 9.59 Å². The summed E-state index contributed by atoms with van der Waals surface area (Å²) in [5.41, 5.74) is 7.52. The standard InChI is InChI=1S/C18H26N4O2/c19-13-18(8-2-1-3-9-18)12-16(23)21-14-4-6-15(7-5-14)22-11-10-20-17(22)24/h4-7H,1-3,8-13,19H2,(H,20,24)(H,21,23). The molecule has 24 heavy (non-hydrogen) atoms. The average molecular weight is 330 g/mol. The molecule has 1 aromatic carbocycles. The van der Waals surface area contributed by atoms with Crippen LogP contribution in [0.2, 0.25) is 0 Å². The van der Waals surface area contributed by atoms with Crippen LogP contribution in [-0.4, -0.2) is 31.6 Å². The van der Waals surface area contributed by atoms with Crippen molar-refractivity contribution in [1.82, 2.24) is 5.32 Å². The highest BCUT2D eigenvalue weighted by Crippen LogP contribution is 2.38. The van der Waals surface area contributed by atoms with Crippen molar-refractivity contribution in [3.05, 3.63) is 24.3 Å². The molecule has 1 heterocycles. The van der Waals surface area contributed by atoms with Crippen LogP contribution in [0.1, 0.15) is 38.5 Å². The van der Waals surface area contributed by atoms with E-state index in [9.17, 15) is 9.59 Å². The predicted molar refractivity (Wildman–Crippen MR) is 95.0 cm³/mol. The zero-order valence-electron chi connectivity index (χ0n) is 14.0. The summed E-state index contributed by atoms with van der Waals surface area (Å²) >= 11 is 0. The molecule has 3 rings (SSSR count). The van der Waals surface area contributed by atoms with E-state index in [1.165, 1.54) is 6.42 Å². The van der Waals surface area contributed by atoms with Gasteiger partial charge in [0.05, 0.1) is 0 Å². The number of anilines is 2. The molecule has 1 saturated carbocycles. The van der Waals surface area contributed by atoms with Gasteiger partial charge in [0.2, 0.25) is 5.91 Å². The molecule has 0 atom stereocenters. The van der Waals surface area contributed by atoms with Gasteiger partial charge < -0.3 is 16.4 Å². The lowest BCUT2D eigenvalue weighted by Gasteiger charge is -2.35. The minimum absolute atomic E-state index is 0.0222. The number of nitrogens with one attached hydrogen (secondary N) is 2. The smallest absolute Gasteiger partial charge is 0.321 e. The largest absolute Gasteiger partial charge is 0.336 e. The molecule has 2 aliphatic rings. The van der Waals surface area contributed by atoms with Gasteiger partial charge in [0.15, 0.2) is 0 Å². The molecule has 0 bridgehead atoms. The number of rotatable bonds is 5. The summed E-state index contributed by atoms with van der Waals surface area (Å²) in [6, 6.07) is 7.33. The Bertz CT molecular complexity index is 594. The molecule has 6 heteroatoms. The molecular formula is C18H26N4O2. The lowest BCUT2D eigenvalue weighted by atomic mass is 9.71. The normalized spacial score (nSPS) is 19.9. The second-order valence-electron chi connectivity index (χ2n) is 6.92. The maximum atomic E-state index is 12.4. The van der Waals surface area contributed by atoms with Gasteiger partial charge in [0.1, 0.15) is 0 Å². The molecule has 1 aromatic rings. The molecule has 3 amide bonds. The molecule has 1 aliphatic heterocycles. The summed E-state index contributed by atoms with van der Waals surface area (Å²) < 4.78 is 0. The van der Waals surface area contributed by atoms with Gasteiger partial charge in [-0.25, -0.2) is 4.79 Å². The average Bonchev–Trinajstić information content (AvgIpc) is 3.02. The van der Waals surface area contributed by atoms with Crippen LogP contribution in [0.5, 0.6) is 0 Å². The third kappa shape index (κ3) is 3.70. The molecule has 130 valence electrons. The van der Waals surface area contributed by atoms with E-state index >= 15 is 0 Å². The van der Waals surface area contributed by atoms with Crippen molar-refractivity contribution >= 4 is 23.3 Å². The van der Waals surface area contributed by atoms with Gasteiger partial charge in [0.25, 0.3) is 0 Å². The fraction of sp³-hybridized carbons (Fsp3) is 0.556. The van der Waals surface area contributed by atoms with Gasteiger partial charge in [-0.3, -0.25) is 9.69 Å². The maximum Gasteiger partial charge on any atom is 0.321 e. The minimum Gasteiger partial charge on any atom is -0.336 e. The van der Waals surface area contributed by atoms with Crippen LogP contribution in [0, 0.1) is 5.41 Å². The lowest BCUT2D eigenvalue weighted by Crippen LogP contribution is -2.36. The van der Waals surface area contributed by atoms with Crippen LogP contribution in [0.25, 0.3) is 0 Å². The first-order chi connectivity index (χ1) is 11.6. The summed E-state index contributed by atoms with van der Waals surface area (Å²) in [7, 11) is 0. The zero-order valence-corrected chi connectivity index (χ0v) is 14.0. The summed E-state index contributed by atoms with van der Waals surface area (Å²) in [4.78, 5) is 25.7. The Morgan fingerprint density at radius 1 is 1.21 bits per heavy atom. The highest BCUT2D eigenvalue weighted by Gasteiger charge is 2.33. The Balaban J connectivity index is 1.59. The molecule has 4 N–H and O–H groups in total. The van der Waals surface area contributed by atoms with Crippen LogP contribution in [0.3, 0.4) is 0 Å². The maximum absolute atomic E-state index is 12.4. The molecule has 0 spiro atoms. The second-order valence-corrected chi connectivity index (χ2v) is 6.92. The van der Waals surface area contributed by atoms with Crippen LogP contribution in [-0.2, 0) is 4.79 Å². The lowest BCUT2D eigenvalue weighted by molar-refractivity contribution is -0.118. The van der Waals surface area contributed by atoms with Crippen LogP contribution in [0.15, 0.2) is 24.3 Å². The second kappa shape index (κ2) is 7.21. The Labute approximate surface area is 142 Å². The molecule has 0 aromatic heterocycles. The Hall–Kier alpha value is -2.08. The SMILES string of the molecule is NCC1(CC(=O)Nc2ccc(N3CCNC3=O)cc2)CCCCC1. The van der Waals surface area contributed by atoms with Crippen molar-refractivity contribution in [2.45, 2.75) is 38.5 Å². The number of benzene rings is 1. The van der Waals surface area contributed by atoms with Crippen molar-refractivity contribution in [3.63, 3.8) is 0 Å². The summed E-state index contributed by atoms with van der Waals surface area (Å²) in [6.45, 7) is 1.91. The van der Waals surface area contributed by atoms with Crippen LogP contribution < -0.4 is 21.3 Å². The quantitative estimate of drug-likeness (QED) is 0.775. The van der Waals surface area contributed by atoms with Crippen LogP contribution >= 0.6 is 0 Å². The number of nitrogens with zero attached hydrogens (tertiary/aromatic N) is 1. The van der Waals surface area contributed by atoms with E-state index in [2.05, 4.69) is 10.6 Å². The fourth-order valence-corrected chi connectivity index (χ4v) is 3.74. The molecule has 0 radical (unpaired) electrons. The highest BCUT2D eigenvalue weighted by atomic mass is 16.2. The number of nitrogens with two attached hydrogens (primary N) is 1. The van der Waals surface area contributed by atoms with E-state index in [0.29, 0.717) is 26.1 Å². The van der Waals surface area contributed by atoms with E-state index in [4.69, 9.17) is 5.73 Å². The number of hydrogen-bond acceptors (Lipinski definition) is 3. The number of hydrogen-bond donors (Lipinski definition) is 3. The van der Waals surface area contributed by atoms with Gasteiger partial charge in [-0.1, -0.05) is 19.3 Å². The summed E-state index contributed by atoms with van der Waals surface area (Å²) in [5, 5.41) is 5.74. The van der Waals surface area contributed by atoms with Crippen molar-refractivity contribution in [1.29, 1.82) is 0 Å². The topological polar surface area (TPSA) is 87.5 Å². The molecule has 0 unspecified atom stereocenters. The molecule has 1 aliphatic carbocycles.